The van der Waals surface area contributed by atoms with E-state index in [1.807, 2.05) is 18.2 Å². The first-order chi connectivity index (χ1) is 15.1. The zero-order valence-corrected chi connectivity index (χ0v) is 16.8. The van der Waals surface area contributed by atoms with Crippen molar-refractivity contribution >= 4 is 5.91 Å². The van der Waals surface area contributed by atoms with Crippen LogP contribution in [0.2, 0.25) is 0 Å². The molecule has 0 radical (unpaired) electrons. The molecular weight excluding hydrogens is 401 g/mol. The van der Waals surface area contributed by atoms with Crippen LogP contribution in [-0.4, -0.2) is 42.0 Å². The summed E-state index contributed by atoms with van der Waals surface area (Å²) in [7, 11) is 0. The van der Waals surface area contributed by atoms with Crippen molar-refractivity contribution in [3.05, 3.63) is 72.1 Å². The largest absolute Gasteiger partial charge is 0.454 e. The number of ether oxygens (including phenoxy) is 3. The average Bonchev–Trinajstić information content (AvgIpc) is 3.48. The van der Waals surface area contributed by atoms with Gasteiger partial charge in [-0.2, -0.15) is 0 Å². The third-order valence-electron chi connectivity index (χ3n) is 6.00. The van der Waals surface area contributed by atoms with Crippen LogP contribution in [0.15, 0.2) is 55.0 Å². The van der Waals surface area contributed by atoms with Gasteiger partial charge in [-0.1, -0.05) is 6.07 Å². The predicted octanol–water partition coefficient (Wildman–Crippen LogP) is 3.22. The average molecular weight is 423 g/mol. The van der Waals surface area contributed by atoms with Gasteiger partial charge in [0.1, 0.15) is 11.5 Å². The van der Waals surface area contributed by atoms with E-state index in [0.29, 0.717) is 31.1 Å². The maximum absolute atomic E-state index is 13.3. The first-order valence-electron chi connectivity index (χ1n) is 10.2. The second-order valence-corrected chi connectivity index (χ2v) is 7.77. The fraction of sp³-hybridized carbons (Fsp3) is 0.304. The molecule has 3 aromatic rings. The van der Waals surface area contributed by atoms with Crippen LogP contribution in [0.3, 0.4) is 0 Å². The zero-order valence-electron chi connectivity index (χ0n) is 16.8. The summed E-state index contributed by atoms with van der Waals surface area (Å²) < 4.78 is 31.5. The number of halogens is 1. The molecule has 3 heterocycles. The number of hydrogen-bond donors (Lipinski definition) is 1. The molecule has 1 fully saturated rings. The van der Waals surface area contributed by atoms with Crippen LogP contribution in [0.1, 0.15) is 28.9 Å². The number of nitrogens with one attached hydrogen (secondary N) is 1. The van der Waals surface area contributed by atoms with Gasteiger partial charge in [-0.15, -0.1) is 0 Å². The molecule has 0 unspecified atom stereocenters. The zero-order chi connectivity index (χ0) is 21.3. The van der Waals surface area contributed by atoms with E-state index in [1.165, 1.54) is 18.3 Å². The van der Waals surface area contributed by atoms with E-state index in [2.05, 4.69) is 10.3 Å². The van der Waals surface area contributed by atoms with Crippen LogP contribution in [0, 0.1) is 5.82 Å². The smallest absolute Gasteiger partial charge is 0.269 e. The Labute approximate surface area is 178 Å². The predicted molar refractivity (Wildman–Crippen MR) is 110 cm³/mol. The summed E-state index contributed by atoms with van der Waals surface area (Å²) in [5.74, 6) is 0.885. The number of imidazole rings is 1. The summed E-state index contributed by atoms with van der Waals surface area (Å²) in [4.78, 5) is 17.2. The molecule has 1 aromatic heterocycles. The molecule has 160 valence electrons. The molecule has 0 atom stereocenters. The van der Waals surface area contributed by atoms with Gasteiger partial charge < -0.3 is 19.5 Å². The van der Waals surface area contributed by atoms with Gasteiger partial charge in [0, 0.05) is 30.9 Å². The third kappa shape index (κ3) is 3.74. The highest BCUT2D eigenvalue weighted by atomic mass is 19.1. The van der Waals surface area contributed by atoms with Crippen molar-refractivity contribution in [2.24, 2.45) is 0 Å². The Hall–Kier alpha value is -3.39. The van der Waals surface area contributed by atoms with E-state index < -0.39 is 0 Å². The van der Waals surface area contributed by atoms with Gasteiger partial charge in [0.25, 0.3) is 5.91 Å². The molecule has 5 rings (SSSR count). The second kappa shape index (κ2) is 8.03. The van der Waals surface area contributed by atoms with E-state index in [9.17, 15) is 9.18 Å². The Bertz CT molecular complexity index is 1090. The number of hydrogen-bond acceptors (Lipinski definition) is 5. The lowest BCUT2D eigenvalue weighted by molar-refractivity contribution is 0.0486. The highest BCUT2D eigenvalue weighted by molar-refractivity contribution is 5.93. The van der Waals surface area contributed by atoms with Crippen LogP contribution in [0.5, 0.6) is 11.5 Å². The standard InChI is InChI=1S/C23H22FN3O4/c24-17-2-4-18(5-3-17)27-14-25-12-19(27)22(28)26-13-23(7-9-29-10-8-23)16-1-6-20-21(11-16)31-15-30-20/h1-6,11-12,14H,7-10,13,15H2,(H,26,28). The van der Waals surface area contributed by atoms with Crippen molar-refractivity contribution in [2.45, 2.75) is 18.3 Å². The highest BCUT2D eigenvalue weighted by Gasteiger charge is 2.36. The van der Waals surface area contributed by atoms with Crippen LogP contribution in [0.25, 0.3) is 5.69 Å². The van der Waals surface area contributed by atoms with Crippen LogP contribution >= 0.6 is 0 Å². The van der Waals surface area contributed by atoms with Gasteiger partial charge in [-0.25, -0.2) is 9.37 Å². The summed E-state index contributed by atoms with van der Waals surface area (Å²) in [6.07, 6.45) is 4.62. The van der Waals surface area contributed by atoms with E-state index in [0.717, 1.165) is 29.9 Å². The molecule has 0 bridgehead atoms. The molecule has 31 heavy (non-hydrogen) atoms. The normalized spacial score (nSPS) is 16.8. The number of nitrogens with zero attached hydrogens (tertiary/aromatic N) is 2. The lowest BCUT2D eigenvalue weighted by atomic mass is 9.74. The Morgan fingerprint density at radius 2 is 1.87 bits per heavy atom. The molecule has 0 saturated carbocycles. The minimum atomic E-state index is -0.333. The number of carbonyl (C=O) groups excluding carboxylic acids is 1. The number of amides is 1. The summed E-state index contributed by atoms with van der Waals surface area (Å²) in [5.41, 5.74) is 1.88. The molecule has 7 nitrogen and oxygen atoms in total. The molecule has 8 heteroatoms. The summed E-state index contributed by atoms with van der Waals surface area (Å²) in [6, 6.07) is 11.9. The number of carbonyl (C=O) groups is 1. The summed E-state index contributed by atoms with van der Waals surface area (Å²) >= 11 is 0. The molecule has 2 aliphatic rings. The lowest BCUT2D eigenvalue weighted by Gasteiger charge is -2.38. The molecular formula is C23H22FN3O4. The Morgan fingerprint density at radius 1 is 1.10 bits per heavy atom. The summed E-state index contributed by atoms with van der Waals surface area (Å²) in [5, 5.41) is 3.08. The van der Waals surface area contributed by atoms with Gasteiger partial charge in [-0.05, 0) is 54.8 Å². The van der Waals surface area contributed by atoms with Gasteiger partial charge >= 0.3 is 0 Å². The Morgan fingerprint density at radius 3 is 2.68 bits per heavy atom. The van der Waals surface area contributed by atoms with Gasteiger partial charge in [0.2, 0.25) is 6.79 Å². The third-order valence-corrected chi connectivity index (χ3v) is 6.00. The first-order valence-corrected chi connectivity index (χ1v) is 10.2. The molecule has 1 N–H and O–H groups in total. The lowest BCUT2D eigenvalue weighted by Crippen LogP contribution is -2.44. The van der Waals surface area contributed by atoms with Crippen LogP contribution in [0.4, 0.5) is 4.39 Å². The quantitative estimate of drug-likeness (QED) is 0.682. The first kappa shape index (κ1) is 19.6. The van der Waals surface area contributed by atoms with E-state index in [1.54, 1.807) is 23.0 Å². The number of rotatable bonds is 5. The Kier molecular flexibility index (Phi) is 5.07. The molecule has 0 spiro atoms. The van der Waals surface area contributed by atoms with Crippen molar-refractivity contribution in [1.29, 1.82) is 0 Å². The molecule has 0 aliphatic carbocycles. The fourth-order valence-electron chi connectivity index (χ4n) is 4.17. The number of benzene rings is 2. The molecule has 2 aliphatic heterocycles. The number of fused-ring (bicyclic) bond motifs is 1. The maximum Gasteiger partial charge on any atom is 0.269 e. The minimum Gasteiger partial charge on any atom is -0.454 e. The van der Waals surface area contributed by atoms with E-state index in [-0.39, 0.29) is 23.9 Å². The molecule has 1 saturated heterocycles. The van der Waals surface area contributed by atoms with Gasteiger partial charge in [0.05, 0.1) is 12.5 Å². The highest BCUT2D eigenvalue weighted by Crippen LogP contribution is 2.40. The maximum atomic E-state index is 13.3. The van der Waals surface area contributed by atoms with Crippen LogP contribution < -0.4 is 14.8 Å². The van der Waals surface area contributed by atoms with Crippen molar-refractivity contribution in [2.75, 3.05) is 26.6 Å². The number of aromatic nitrogens is 2. The molecule has 2 aromatic carbocycles. The van der Waals surface area contributed by atoms with Crippen molar-refractivity contribution < 1.29 is 23.4 Å². The van der Waals surface area contributed by atoms with E-state index in [4.69, 9.17) is 14.2 Å². The van der Waals surface area contributed by atoms with E-state index >= 15 is 0 Å². The van der Waals surface area contributed by atoms with Crippen molar-refractivity contribution in [3.8, 4) is 17.2 Å². The fourth-order valence-corrected chi connectivity index (χ4v) is 4.17. The van der Waals surface area contributed by atoms with Gasteiger partial charge in [-0.3, -0.25) is 9.36 Å². The molecule has 1 amide bonds. The van der Waals surface area contributed by atoms with Crippen molar-refractivity contribution in [3.63, 3.8) is 0 Å². The minimum absolute atomic E-state index is 0.221. The monoisotopic (exact) mass is 423 g/mol. The van der Waals surface area contributed by atoms with Gasteiger partial charge in [0.15, 0.2) is 11.5 Å². The Balaban J connectivity index is 1.38. The summed E-state index contributed by atoms with van der Waals surface area (Å²) in [6.45, 7) is 1.91. The topological polar surface area (TPSA) is 74.6 Å². The SMILES string of the molecule is O=C(NCC1(c2ccc3c(c2)OCO3)CCOCC1)c1cncn1-c1ccc(F)cc1. The second-order valence-electron chi connectivity index (χ2n) is 7.77. The van der Waals surface area contributed by atoms with Crippen molar-refractivity contribution in [1.82, 2.24) is 14.9 Å². The van der Waals surface area contributed by atoms with Crippen LogP contribution in [-0.2, 0) is 10.2 Å².